The van der Waals surface area contributed by atoms with E-state index in [9.17, 15) is 5.11 Å². The molecule has 0 radical (unpaired) electrons. The monoisotopic (exact) mass is 609 g/mol. The molecule has 0 spiro atoms. The Morgan fingerprint density at radius 3 is 2.50 bits per heavy atom. The number of carboxylic acids is 1. The molecular formula is C35H37ClNNaO3S. The normalized spacial score (nSPS) is 13.7. The molecule has 1 fully saturated rings. The zero-order valence-corrected chi connectivity index (χ0v) is 28.4. The molecule has 0 unspecified atom stereocenters. The van der Waals surface area contributed by atoms with Crippen molar-refractivity contribution in [1.82, 2.24) is 4.98 Å². The van der Waals surface area contributed by atoms with Crippen LogP contribution in [0.2, 0.25) is 5.02 Å². The molecule has 1 heterocycles. The molecule has 4 nitrogen and oxygen atoms in total. The van der Waals surface area contributed by atoms with E-state index in [1.807, 2.05) is 44.2 Å². The molecule has 0 amide bonds. The number of halogens is 1. The van der Waals surface area contributed by atoms with E-state index in [0.717, 1.165) is 47.8 Å². The third-order valence-corrected chi connectivity index (χ3v) is 8.80. The van der Waals surface area contributed by atoms with Gasteiger partial charge in [0.25, 0.3) is 0 Å². The minimum atomic E-state index is -1.08. The summed E-state index contributed by atoms with van der Waals surface area (Å²) in [4.78, 5) is 13.6. The van der Waals surface area contributed by atoms with Crippen molar-refractivity contribution in [2.45, 2.75) is 57.3 Å². The summed E-state index contributed by atoms with van der Waals surface area (Å²) in [5.74, 6) is 1.02. The number of carbonyl (C=O) groups is 1. The van der Waals surface area contributed by atoms with Crippen molar-refractivity contribution in [2.24, 2.45) is 5.92 Å². The van der Waals surface area contributed by atoms with E-state index in [0.29, 0.717) is 10.3 Å². The number of hydrogen-bond acceptors (Lipinski definition) is 5. The number of hydrogen-bond donors (Lipinski definition) is 1. The Labute approximate surface area is 280 Å². The molecule has 1 aliphatic rings. The average Bonchev–Trinajstić information content (AvgIpc) is 3.76. The maximum absolute atomic E-state index is 10.7. The van der Waals surface area contributed by atoms with Crippen LogP contribution >= 0.6 is 23.4 Å². The van der Waals surface area contributed by atoms with Crippen LogP contribution in [0.3, 0.4) is 0 Å². The molecule has 0 saturated heterocycles. The fraction of sp³-hybridized carbons (Fsp3) is 0.314. The number of aliphatic hydroxyl groups is 1. The predicted octanol–water partition coefficient (Wildman–Crippen LogP) is 4.86. The van der Waals surface area contributed by atoms with E-state index < -0.39 is 11.6 Å². The van der Waals surface area contributed by atoms with E-state index in [4.69, 9.17) is 26.5 Å². The van der Waals surface area contributed by atoms with Crippen LogP contribution in [-0.2, 0) is 16.8 Å². The molecule has 1 aromatic heterocycles. The van der Waals surface area contributed by atoms with E-state index in [1.54, 1.807) is 0 Å². The maximum atomic E-state index is 10.7. The molecule has 1 aliphatic carbocycles. The molecule has 0 aliphatic heterocycles. The fourth-order valence-electron chi connectivity index (χ4n) is 4.75. The van der Waals surface area contributed by atoms with Gasteiger partial charge in [-0.3, -0.25) is 0 Å². The SMILES string of the molecule is CC(=O)[O-].CC(C)(O)c1ccccc1CC[C@@H](SCC1CC1)c1cccc(/C=C/c2ccc3ccc(Cl)cc3n2)c1.[Na+]. The summed E-state index contributed by atoms with van der Waals surface area (Å²) < 4.78 is 0. The number of benzene rings is 3. The van der Waals surface area contributed by atoms with Crippen LogP contribution in [0, 0.1) is 5.92 Å². The summed E-state index contributed by atoms with van der Waals surface area (Å²) >= 11 is 8.26. The third-order valence-electron chi connectivity index (χ3n) is 6.99. The third kappa shape index (κ3) is 10.9. The second-order valence-corrected chi connectivity index (χ2v) is 12.8. The second kappa shape index (κ2) is 16.1. The van der Waals surface area contributed by atoms with Crippen LogP contribution in [0.5, 0.6) is 0 Å². The first-order valence-electron chi connectivity index (χ1n) is 14.0. The molecule has 214 valence electrons. The molecule has 3 aromatic carbocycles. The van der Waals surface area contributed by atoms with Gasteiger partial charge in [0.15, 0.2) is 0 Å². The smallest absolute Gasteiger partial charge is 0.550 e. The van der Waals surface area contributed by atoms with Crippen LogP contribution in [0.15, 0.2) is 78.9 Å². The quantitative estimate of drug-likeness (QED) is 0.260. The number of fused-ring (bicyclic) bond motifs is 1. The van der Waals surface area contributed by atoms with E-state index >= 15 is 0 Å². The van der Waals surface area contributed by atoms with Crippen molar-refractivity contribution >= 4 is 52.4 Å². The van der Waals surface area contributed by atoms with Gasteiger partial charge >= 0.3 is 29.6 Å². The van der Waals surface area contributed by atoms with Crippen LogP contribution in [0.25, 0.3) is 23.1 Å². The van der Waals surface area contributed by atoms with Gasteiger partial charge < -0.3 is 15.0 Å². The van der Waals surface area contributed by atoms with Crippen molar-refractivity contribution in [3.63, 3.8) is 0 Å². The predicted molar refractivity (Wildman–Crippen MR) is 171 cm³/mol. The summed E-state index contributed by atoms with van der Waals surface area (Å²) in [6.45, 7) is 4.72. The molecule has 42 heavy (non-hydrogen) atoms. The summed E-state index contributed by atoms with van der Waals surface area (Å²) in [7, 11) is 0. The van der Waals surface area contributed by atoms with Crippen molar-refractivity contribution in [2.75, 3.05) is 5.75 Å². The van der Waals surface area contributed by atoms with Crippen LogP contribution in [0.4, 0.5) is 0 Å². The van der Waals surface area contributed by atoms with Gasteiger partial charge in [-0.25, -0.2) is 4.98 Å². The van der Waals surface area contributed by atoms with Gasteiger partial charge in [-0.1, -0.05) is 78.3 Å². The van der Waals surface area contributed by atoms with Gasteiger partial charge in [0.2, 0.25) is 0 Å². The summed E-state index contributed by atoms with van der Waals surface area (Å²) in [5.41, 5.74) is 5.81. The van der Waals surface area contributed by atoms with Crippen LogP contribution in [-0.4, -0.2) is 21.8 Å². The molecule has 4 aromatic rings. The summed E-state index contributed by atoms with van der Waals surface area (Å²) in [6, 6.07) is 27.2. The molecule has 1 saturated carbocycles. The topological polar surface area (TPSA) is 73.2 Å². The Morgan fingerprint density at radius 1 is 1.07 bits per heavy atom. The Hall–Kier alpha value is -2.12. The minimum Gasteiger partial charge on any atom is -0.550 e. The number of aliphatic carboxylic acids is 1. The zero-order chi connectivity index (χ0) is 29.4. The van der Waals surface area contributed by atoms with Crippen LogP contribution in [0.1, 0.15) is 73.2 Å². The van der Waals surface area contributed by atoms with Crippen LogP contribution < -0.4 is 34.7 Å². The number of nitrogens with zero attached hydrogens (tertiary/aromatic N) is 1. The molecule has 1 N–H and O–H groups in total. The maximum Gasteiger partial charge on any atom is 1.00 e. The molecule has 0 bridgehead atoms. The van der Waals surface area contributed by atoms with Crippen molar-refractivity contribution in [3.8, 4) is 0 Å². The van der Waals surface area contributed by atoms with Gasteiger partial charge in [-0.05, 0) is 105 Å². The Kier molecular flexibility index (Phi) is 13.2. The summed E-state index contributed by atoms with van der Waals surface area (Å²) in [6.07, 6.45) is 8.96. The largest absolute Gasteiger partial charge is 1.00 e. The van der Waals surface area contributed by atoms with Crippen molar-refractivity contribution in [3.05, 3.63) is 112 Å². The molecule has 1 atom stereocenters. The van der Waals surface area contributed by atoms with Gasteiger partial charge in [0.1, 0.15) is 0 Å². The van der Waals surface area contributed by atoms with Crippen molar-refractivity contribution < 1.29 is 44.6 Å². The number of carbonyl (C=O) groups excluding carboxylic acids is 1. The van der Waals surface area contributed by atoms with Gasteiger partial charge in [0, 0.05) is 21.6 Å². The van der Waals surface area contributed by atoms with E-state index in [1.165, 1.54) is 35.3 Å². The number of carboxylic acid groups (broad SMARTS) is 1. The summed E-state index contributed by atoms with van der Waals surface area (Å²) in [5, 5.41) is 21.8. The molecular weight excluding hydrogens is 573 g/mol. The number of pyridine rings is 1. The first-order chi connectivity index (χ1) is 19.6. The number of aryl methyl sites for hydroxylation is 1. The minimum absolute atomic E-state index is 0. The number of aromatic nitrogens is 1. The Morgan fingerprint density at radius 2 is 1.79 bits per heavy atom. The van der Waals surface area contributed by atoms with Gasteiger partial charge in [-0.2, -0.15) is 11.8 Å². The Balaban J connectivity index is 0.000000911. The fourth-order valence-corrected chi connectivity index (χ4v) is 6.38. The van der Waals surface area contributed by atoms with Gasteiger partial charge in [-0.15, -0.1) is 0 Å². The van der Waals surface area contributed by atoms with Gasteiger partial charge in [0.05, 0.1) is 16.8 Å². The van der Waals surface area contributed by atoms with Crippen molar-refractivity contribution in [1.29, 1.82) is 0 Å². The Bertz CT molecular complexity index is 1510. The average molecular weight is 610 g/mol. The zero-order valence-electron chi connectivity index (χ0n) is 24.8. The first-order valence-corrected chi connectivity index (χ1v) is 15.5. The van der Waals surface area contributed by atoms with E-state index in [-0.39, 0.29) is 29.6 Å². The standard InChI is InChI=1S/C33H34ClNOS.C2H4O2.Na/c1-33(2,36)30-9-4-3-7-25(30)15-19-32(37-22-24-10-11-24)27-8-5-6-23(20-27)12-17-29-18-14-26-13-16-28(34)21-31(26)35-29;1-2(3)4;/h3-9,12-14,16-18,20-21,24,32,36H,10-11,15,19,22H2,1-2H3;1H3,(H,3,4);/q;;+1/p-1/b17-12+;;/t32-;;/m1../s1. The number of thioether (sulfide) groups is 1. The first kappa shape index (κ1) is 34.4. The number of rotatable bonds is 10. The van der Waals surface area contributed by atoms with E-state index in [2.05, 4.69) is 72.4 Å². The second-order valence-electron chi connectivity index (χ2n) is 11.1. The molecule has 5 rings (SSSR count). The molecule has 7 heteroatoms.